The van der Waals surface area contributed by atoms with Gasteiger partial charge < -0.3 is 9.67 Å². The Morgan fingerprint density at radius 3 is 2.90 bits per heavy atom. The van der Waals surface area contributed by atoms with E-state index in [9.17, 15) is 4.79 Å². The highest BCUT2D eigenvalue weighted by atomic mass is 79.9. The largest absolute Gasteiger partial charge is 0.481 e. The number of thioether (sulfide) groups is 1. The van der Waals surface area contributed by atoms with Crippen molar-refractivity contribution in [2.24, 2.45) is 5.41 Å². The minimum atomic E-state index is -0.809. The van der Waals surface area contributed by atoms with Crippen LogP contribution in [0.15, 0.2) is 27.8 Å². The molecule has 1 N–H and O–H groups in total. The first-order valence-electron chi connectivity index (χ1n) is 7.03. The average Bonchev–Trinajstić information content (AvgIpc) is 3.15. The van der Waals surface area contributed by atoms with Crippen LogP contribution in [0.2, 0.25) is 0 Å². The molecule has 0 radical (unpaired) electrons. The van der Waals surface area contributed by atoms with E-state index in [1.54, 1.807) is 0 Å². The van der Waals surface area contributed by atoms with E-state index < -0.39 is 5.97 Å². The second-order valence-corrected chi connectivity index (χ2v) is 7.51. The number of benzene rings is 1. The summed E-state index contributed by atoms with van der Waals surface area (Å²) in [6, 6.07) is 6.02. The summed E-state index contributed by atoms with van der Waals surface area (Å²) in [7, 11) is 0. The lowest BCUT2D eigenvalue weighted by atomic mass is 10.0. The van der Waals surface area contributed by atoms with Crippen molar-refractivity contribution in [1.82, 2.24) is 9.55 Å². The van der Waals surface area contributed by atoms with Gasteiger partial charge in [-0.1, -0.05) is 34.6 Å². The Hall–Kier alpha value is -1.01. The van der Waals surface area contributed by atoms with Crippen molar-refractivity contribution in [3.8, 4) is 0 Å². The molecule has 0 atom stereocenters. The zero-order chi connectivity index (χ0) is 15.0. The fourth-order valence-corrected chi connectivity index (χ4v) is 3.68. The van der Waals surface area contributed by atoms with E-state index in [2.05, 4.69) is 38.5 Å². The molecular formula is C15H17BrN2O2S. The summed E-state index contributed by atoms with van der Waals surface area (Å²) in [6.07, 6.45) is 3.66. The smallest absolute Gasteiger partial charge is 0.313 e. The molecular weight excluding hydrogens is 352 g/mol. The number of imidazole rings is 1. The molecule has 1 aromatic heterocycles. The van der Waals surface area contributed by atoms with Gasteiger partial charge in [0.25, 0.3) is 0 Å². The Morgan fingerprint density at radius 2 is 2.29 bits per heavy atom. The van der Waals surface area contributed by atoms with Crippen LogP contribution in [0.1, 0.15) is 26.2 Å². The quantitative estimate of drug-likeness (QED) is 0.777. The molecule has 0 aliphatic heterocycles. The van der Waals surface area contributed by atoms with Gasteiger partial charge in [0.1, 0.15) is 0 Å². The lowest BCUT2D eigenvalue weighted by molar-refractivity contribution is -0.133. The van der Waals surface area contributed by atoms with Crippen molar-refractivity contribution < 1.29 is 9.90 Å². The lowest BCUT2D eigenvalue weighted by Crippen LogP contribution is -2.12. The number of aliphatic carboxylic acids is 1. The summed E-state index contributed by atoms with van der Waals surface area (Å²) in [5.41, 5.74) is 2.39. The Balaban J connectivity index is 2.01. The molecule has 1 aliphatic carbocycles. The maximum absolute atomic E-state index is 10.8. The van der Waals surface area contributed by atoms with Gasteiger partial charge >= 0.3 is 5.97 Å². The molecule has 0 spiro atoms. The van der Waals surface area contributed by atoms with Gasteiger partial charge in [-0.2, -0.15) is 0 Å². The topological polar surface area (TPSA) is 55.1 Å². The predicted molar refractivity (Wildman–Crippen MR) is 87.8 cm³/mol. The summed E-state index contributed by atoms with van der Waals surface area (Å²) in [5.74, 6) is -0.764. The first-order valence-corrected chi connectivity index (χ1v) is 8.81. The van der Waals surface area contributed by atoms with Gasteiger partial charge in [-0.25, -0.2) is 4.98 Å². The molecule has 0 amide bonds. The minimum absolute atomic E-state index is 0.0453. The maximum atomic E-state index is 10.8. The zero-order valence-corrected chi connectivity index (χ0v) is 14.2. The van der Waals surface area contributed by atoms with Crippen LogP contribution in [0.5, 0.6) is 0 Å². The highest BCUT2D eigenvalue weighted by Crippen LogP contribution is 2.51. The second kappa shape index (κ2) is 5.65. The van der Waals surface area contributed by atoms with Gasteiger partial charge in [-0.15, -0.1) is 0 Å². The molecule has 6 heteroatoms. The summed E-state index contributed by atoms with van der Waals surface area (Å²) in [4.78, 5) is 15.5. The van der Waals surface area contributed by atoms with Crippen LogP contribution in [-0.4, -0.2) is 26.4 Å². The van der Waals surface area contributed by atoms with Crippen molar-refractivity contribution in [2.45, 2.75) is 37.9 Å². The average molecular weight is 369 g/mol. The van der Waals surface area contributed by atoms with E-state index in [1.165, 1.54) is 24.6 Å². The molecule has 1 saturated carbocycles. The second-order valence-electron chi connectivity index (χ2n) is 5.65. The number of carbonyl (C=O) groups is 1. The van der Waals surface area contributed by atoms with E-state index in [0.717, 1.165) is 33.6 Å². The number of fused-ring (bicyclic) bond motifs is 1. The van der Waals surface area contributed by atoms with Gasteiger partial charge in [0.05, 0.1) is 16.8 Å². The van der Waals surface area contributed by atoms with Gasteiger partial charge in [-0.3, -0.25) is 4.79 Å². The molecule has 2 aromatic rings. The van der Waals surface area contributed by atoms with Gasteiger partial charge in [-0.05, 0) is 42.9 Å². The molecule has 0 bridgehead atoms. The molecule has 112 valence electrons. The molecule has 0 saturated heterocycles. The molecule has 1 aliphatic rings. The van der Waals surface area contributed by atoms with E-state index in [-0.39, 0.29) is 5.75 Å². The standard InChI is InChI=1S/C15H17BrN2O2S/c1-2-15(5-6-15)9-18-12-7-10(16)3-4-11(12)17-14(18)21-8-13(19)20/h3-4,7H,2,5-6,8-9H2,1H3,(H,19,20). The first-order chi connectivity index (χ1) is 10.0. The van der Waals surface area contributed by atoms with Crippen LogP contribution in [0.4, 0.5) is 0 Å². The Labute approximate surface area is 136 Å². The Morgan fingerprint density at radius 1 is 1.52 bits per heavy atom. The van der Waals surface area contributed by atoms with Gasteiger partial charge in [0.15, 0.2) is 5.16 Å². The van der Waals surface area contributed by atoms with E-state index >= 15 is 0 Å². The van der Waals surface area contributed by atoms with Crippen molar-refractivity contribution >= 4 is 44.7 Å². The fourth-order valence-electron chi connectivity index (χ4n) is 2.60. The first kappa shape index (κ1) is 14.9. The summed E-state index contributed by atoms with van der Waals surface area (Å²) in [6.45, 7) is 3.16. The third-order valence-corrected chi connectivity index (χ3v) is 5.66. The van der Waals surface area contributed by atoms with Crippen LogP contribution in [0.25, 0.3) is 11.0 Å². The highest BCUT2D eigenvalue weighted by molar-refractivity contribution is 9.10. The van der Waals surface area contributed by atoms with Crippen molar-refractivity contribution in [1.29, 1.82) is 0 Å². The van der Waals surface area contributed by atoms with Crippen LogP contribution in [0, 0.1) is 5.41 Å². The third-order valence-electron chi connectivity index (χ3n) is 4.20. The number of carboxylic acid groups (broad SMARTS) is 1. The zero-order valence-electron chi connectivity index (χ0n) is 11.8. The normalized spacial score (nSPS) is 16.3. The van der Waals surface area contributed by atoms with Crippen LogP contribution in [0.3, 0.4) is 0 Å². The van der Waals surface area contributed by atoms with Crippen molar-refractivity contribution in [2.75, 3.05) is 5.75 Å². The fraction of sp³-hybridized carbons (Fsp3) is 0.467. The Kier molecular flexibility index (Phi) is 4.01. The minimum Gasteiger partial charge on any atom is -0.481 e. The summed E-state index contributed by atoms with van der Waals surface area (Å²) in [5, 5.41) is 9.72. The number of halogens is 1. The number of hydrogen-bond donors (Lipinski definition) is 1. The Bertz CT molecular complexity index is 694. The van der Waals surface area contributed by atoms with Crippen LogP contribution < -0.4 is 0 Å². The maximum Gasteiger partial charge on any atom is 0.313 e. The molecule has 3 rings (SSSR count). The summed E-state index contributed by atoms with van der Waals surface area (Å²) < 4.78 is 3.22. The van der Waals surface area contributed by atoms with Gasteiger partial charge in [0, 0.05) is 11.0 Å². The number of carboxylic acids is 1. The predicted octanol–water partition coefficient (Wildman–Crippen LogP) is 4.17. The van der Waals surface area contributed by atoms with Crippen molar-refractivity contribution in [3.63, 3.8) is 0 Å². The molecule has 0 unspecified atom stereocenters. The number of hydrogen-bond acceptors (Lipinski definition) is 3. The SMILES string of the molecule is CCC1(Cn2c(SCC(=O)O)nc3ccc(Br)cc32)CC1. The molecule has 1 fully saturated rings. The molecule has 4 nitrogen and oxygen atoms in total. The van der Waals surface area contributed by atoms with Gasteiger partial charge in [0.2, 0.25) is 0 Å². The molecule has 1 aromatic carbocycles. The van der Waals surface area contributed by atoms with E-state index in [1.807, 2.05) is 12.1 Å². The third kappa shape index (κ3) is 3.11. The van der Waals surface area contributed by atoms with E-state index in [0.29, 0.717) is 5.41 Å². The van der Waals surface area contributed by atoms with E-state index in [4.69, 9.17) is 5.11 Å². The number of rotatable bonds is 6. The van der Waals surface area contributed by atoms with Crippen molar-refractivity contribution in [3.05, 3.63) is 22.7 Å². The van der Waals surface area contributed by atoms with Crippen LogP contribution in [-0.2, 0) is 11.3 Å². The molecule has 1 heterocycles. The monoisotopic (exact) mass is 368 g/mol. The number of aromatic nitrogens is 2. The lowest BCUT2D eigenvalue weighted by Gasteiger charge is -2.16. The van der Waals surface area contributed by atoms with Crippen LogP contribution >= 0.6 is 27.7 Å². The molecule has 21 heavy (non-hydrogen) atoms. The summed E-state index contributed by atoms with van der Waals surface area (Å²) >= 11 is 4.81. The highest BCUT2D eigenvalue weighted by Gasteiger charge is 2.41. The number of nitrogens with zero attached hydrogens (tertiary/aromatic N) is 2.